The van der Waals surface area contributed by atoms with Crippen molar-refractivity contribution < 1.29 is 5.11 Å². The van der Waals surface area contributed by atoms with Crippen molar-refractivity contribution in [2.24, 2.45) is 0 Å². The van der Waals surface area contributed by atoms with Gasteiger partial charge in [-0.1, -0.05) is 0 Å². The number of aliphatic hydroxyl groups is 1. The fraction of sp³-hybridized carbons (Fsp3) is 0.750. The van der Waals surface area contributed by atoms with Crippen LogP contribution in [0.25, 0.3) is 0 Å². The van der Waals surface area contributed by atoms with Gasteiger partial charge in [-0.25, -0.2) is 0 Å². The molecule has 1 fully saturated rings. The van der Waals surface area contributed by atoms with E-state index in [1.807, 2.05) is 16.9 Å². The zero-order valence-corrected chi connectivity index (χ0v) is 10.3. The molecule has 0 aromatic carbocycles. The minimum absolute atomic E-state index is 0.306. The molecular formula is C12H22N4O. The van der Waals surface area contributed by atoms with Crippen LogP contribution in [0.2, 0.25) is 0 Å². The maximum absolute atomic E-state index is 8.88. The van der Waals surface area contributed by atoms with Crippen LogP contribution in [-0.2, 0) is 6.54 Å². The van der Waals surface area contributed by atoms with Crippen LogP contribution in [0.5, 0.6) is 0 Å². The summed E-state index contributed by atoms with van der Waals surface area (Å²) in [6, 6.07) is 2.47. The Hall–Kier alpha value is -1.07. The van der Waals surface area contributed by atoms with E-state index >= 15 is 0 Å². The van der Waals surface area contributed by atoms with Crippen molar-refractivity contribution >= 4 is 5.82 Å². The van der Waals surface area contributed by atoms with Crippen LogP contribution in [0.1, 0.15) is 25.7 Å². The molecule has 1 atom stereocenters. The van der Waals surface area contributed by atoms with Crippen LogP contribution in [0, 0.1) is 0 Å². The summed E-state index contributed by atoms with van der Waals surface area (Å²) in [6.45, 7) is 3.40. The lowest BCUT2D eigenvalue weighted by molar-refractivity contribution is 0.208. The van der Waals surface area contributed by atoms with Gasteiger partial charge in [-0.15, -0.1) is 0 Å². The van der Waals surface area contributed by atoms with Crippen LogP contribution in [0.3, 0.4) is 0 Å². The summed E-state index contributed by atoms with van der Waals surface area (Å²) >= 11 is 0. The lowest BCUT2D eigenvalue weighted by Gasteiger charge is -2.24. The van der Waals surface area contributed by atoms with Crippen molar-refractivity contribution in [3.63, 3.8) is 0 Å². The summed E-state index contributed by atoms with van der Waals surface area (Å²) in [4.78, 5) is 2.51. The predicted molar refractivity (Wildman–Crippen MR) is 67.6 cm³/mol. The summed E-state index contributed by atoms with van der Waals surface area (Å²) in [5, 5.41) is 13.1. The molecule has 1 aromatic heterocycles. The molecule has 17 heavy (non-hydrogen) atoms. The highest BCUT2D eigenvalue weighted by Crippen LogP contribution is 2.20. The quantitative estimate of drug-likeness (QED) is 0.765. The number of anilines is 1. The Bertz CT molecular complexity index is 339. The van der Waals surface area contributed by atoms with E-state index in [-0.39, 0.29) is 0 Å². The topological polar surface area (TPSA) is 67.3 Å². The summed E-state index contributed by atoms with van der Waals surface area (Å²) in [7, 11) is 0. The molecule has 3 N–H and O–H groups in total. The molecular weight excluding hydrogens is 216 g/mol. The first-order valence-electron chi connectivity index (χ1n) is 6.43. The average molecular weight is 238 g/mol. The number of aromatic nitrogens is 2. The van der Waals surface area contributed by atoms with Crippen molar-refractivity contribution in [2.45, 2.75) is 38.3 Å². The summed E-state index contributed by atoms with van der Waals surface area (Å²) in [6.07, 6.45) is 6.49. The van der Waals surface area contributed by atoms with Gasteiger partial charge in [0.15, 0.2) is 0 Å². The third kappa shape index (κ3) is 3.44. The lowest BCUT2D eigenvalue weighted by Crippen LogP contribution is -2.32. The number of hydrogen-bond donors (Lipinski definition) is 2. The average Bonchev–Trinajstić information content (AvgIpc) is 2.92. The van der Waals surface area contributed by atoms with E-state index in [1.165, 1.54) is 19.4 Å². The van der Waals surface area contributed by atoms with Gasteiger partial charge >= 0.3 is 0 Å². The smallest absolute Gasteiger partial charge is 0.145 e. The molecule has 0 spiro atoms. The van der Waals surface area contributed by atoms with Crippen LogP contribution in [-0.4, -0.2) is 45.5 Å². The number of nitrogen functional groups attached to an aromatic ring is 1. The molecule has 96 valence electrons. The van der Waals surface area contributed by atoms with Crippen molar-refractivity contribution in [1.29, 1.82) is 0 Å². The van der Waals surface area contributed by atoms with E-state index in [2.05, 4.69) is 10.00 Å². The van der Waals surface area contributed by atoms with Crippen molar-refractivity contribution in [3.05, 3.63) is 12.3 Å². The molecule has 1 aliphatic heterocycles. The van der Waals surface area contributed by atoms with Gasteiger partial charge in [0.2, 0.25) is 0 Å². The first-order valence-corrected chi connectivity index (χ1v) is 6.43. The second-order valence-electron chi connectivity index (χ2n) is 4.70. The summed E-state index contributed by atoms with van der Waals surface area (Å²) in [5.74, 6) is 0.586. The standard InChI is InChI=1S/C12H22N4O/c13-12-5-7-16(14-12)9-8-15-6-1-3-11(15)4-2-10-17/h5,7,11,17H,1-4,6,8-10H2,(H2,13,14). The Balaban J connectivity index is 1.77. The molecule has 1 aromatic rings. The largest absolute Gasteiger partial charge is 0.396 e. The Morgan fingerprint density at radius 1 is 1.47 bits per heavy atom. The van der Waals surface area contributed by atoms with E-state index in [1.54, 1.807) is 0 Å². The molecule has 5 heteroatoms. The van der Waals surface area contributed by atoms with Crippen molar-refractivity contribution in [2.75, 3.05) is 25.4 Å². The number of rotatable bonds is 6. The zero-order chi connectivity index (χ0) is 12.1. The third-order valence-electron chi connectivity index (χ3n) is 3.47. The fourth-order valence-electron chi connectivity index (χ4n) is 2.58. The molecule has 2 heterocycles. The van der Waals surface area contributed by atoms with Crippen molar-refractivity contribution in [1.82, 2.24) is 14.7 Å². The number of nitrogens with zero attached hydrogens (tertiary/aromatic N) is 3. The molecule has 0 amide bonds. The molecule has 5 nitrogen and oxygen atoms in total. The van der Waals surface area contributed by atoms with Crippen LogP contribution in [0.4, 0.5) is 5.82 Å². The number of nitrogens with two attached hydrogens (primary N) is 1. The van der Waals surface area contributed by atoms with Gasteiger partial charge in [-0.05, 0) is 38.3 Å². The molecule has 0 aliphatic carbocycles. The van der Waals surface area contributed by atoms with Crippen LogP contribution >= 0.6 is 0 Å². The van der Waals surface area contributed by atoms with Crippen molar-refractivity contribution in [3.8, 4) is 0 Å². The first-order chi connectivity index (χ1) is 8.29. The maximum atomic E-state index is 8.88. The molecule has 0 saturated carbocycles. The predicted octanol–water partition coefficient (Wildman–Crippen LogP) is 0.702. The SMILES string of the molecule is Nc1ccn(CCN2CCCC2CCCO)n1. The van der Waals surface area contributed by atoms with Gasteiger partial charge in [0, 0.05) is 25.4 Å². The first kappa shape index (κ1) is 12.4. The summed E-state index contributed by atoms with van der Waals surface area (Å²) < 4.78 is 1.90. The molecule has 0 bridgehead atoms. The van der Waals surface area contributed by atoms with E-state index in [9.17, 15) is 0 Å². The summed E-state index contributed by atoms with van der Waals surface area (Å²) in [5.41, 5.74) is 5.58. The van der Waals surface area contributed by atoms with Gasteiger partial charge in [-0.2, -0.15) is 5.10 Å². The van der Waals surface area contributed by atoms with Gasteiger partial charge in [0.25, 0.3) is 0 Å². The molecule has 2 rings (SSSR count). The second kappa shape index (κ2) is 6.02. The van der Waals surface area contributed by atoms with Gasteiger partial charge in [0.1, 0.15) is 5.82 Å². The molecule has 1 aliphatic rings. The highest BCUT2D eigenvalue weighted by molar-refractivity contribution is 5.23. The highest BCUT2D eigenvalue weighted by Gasteiger charge is 2.23. The van der Waals surface area contributed by atoms with E-state index < -0.39 is 0 Å². The second-order valence-corrected chi connectivity index (χ2v) is 4.70. The van der Waals surface area contributed by atoms with Crippen LogP contribution < -0.4 is 5.73 Å². The van der Waals surface area contributed by atoms with E-state index in [4.69, 9.17) is 10.8 Å². The Morgan fingerprint density at radius 2 is 2.35 bits per heavy atom. The van der Waals surface area contributed by atoms with Crippen LogP contribution in [0.15, 0.2) is 12.3 Å². The lowest BCUT2D eigenvalue weighted by atomic mass is 10.1. The molecule has 1 saturated heterocycles. The number of hydrogen-bond acceptors (Lipinski definition) is 4. The Kier molecular flexibility index (Phi) is 4.39. The minimum Gasteiger partial charge on any atom is -0.396 e. The normalized spacial score (nSPS) is 21.1. The molecule has 1 unspecified atom stereocenters. The van der Waals surface area contributed by atoms with Gasteiger partial charge in [-0.3, -0.25) is 9.58 Å². The zero-order valence-electron chi connectivity index (χ0n) is 10.3. The van der Waals surface area contributed by atoms with Gasteiger partial charge < -0.3 is 10.8 Å². The van der Waals surface area contributed by atoms with E-state index in [0.29, 0.717) is 18.5 Å². The fourth-order valence-corrected chi connectivity index (χ4v) is 2.58. The number of aliphatic hydroxyl groups excluding tert-OH is 1. The maximum Gasteiger partial charge on any atom is 0.145 e. The monoisotopic (exact) mass is 238 g/mol. The highest BCUT2D eigenvalue weighted by atomic mass is 16.2. The number of likely N-dealkylation sites (tertiary alicyclic amines) is 1. The van der Waals surface area contributed by atoms with Gasteiger partial charge in [0.05, 0.1) is 6.54 Å². The molecule has 0 radical (unpaired) electrons. The Morgan fingerprint density at radius 3 is 3.06 bits per heavy atom. The minimum atomic E-state index is 0.306. The third-order valence-corrected chi connectivity index (χ3v) is 3.47. The Labute approximate surface area is 102 Å². The van der Waals surface area contributed by atoms with E-state index in [0.717, 1.165) is 25.9 Å².